The number of halogens is 1. The van der Waals surface area contributed by atoms with E-state index in [0.29, 0.717) is 16.6 Å². The van der Waals surface area contributed by atoms with Gasteiger partial charge in [-0.05, 0) is 25.1 Å². The Kier molecular flexibility index (Phi) is 5.89. The highest BCUT2D eigenvalue weighted by atomic mass is 35.5. The lowest BCUT2D eigenvalue weighted by Crippen LogP contribution is -1.97. The summed E-state index contributed by atoms with van der Waals surface area (Å²) in [4.78, 5) is 4.76. The van der Waals surface area contributed by atoms with Crippen LogP contribution in [0.1, 0.15) is 11.3 Å². The van der Waals surface area contributed by atoms with Crippen molar-refractivity contribution in [3.8, 4) is 27.7 Å². The van der Waals surface area contributed by atoms with Gasteiger partial charge in [0.15, 0.2) is 11.0 Å². The second kappa shape index (κ2) is 8.57. The number of thioether (sulfide) groups is 1. The number of hydrogen-bond donors (Lipinski definition) is 0. The third-order valence-electron chi connectivity index (χ3n) is 4.44. The van der Waals surface area contributed by atoms with E-state index in [1.807, 2.05) is 23.7 Å². The summed E-state index contributed by atoms with van der Waals surface area (Å²) in [5.41, 5.74) is 4.24. The summed E-state index contributed by atoms with van der Waals surface area (Å²) in [6.45, 7) is 2.09. The first-order valence-corrected chi connectivity index (χ1v) is 11.2. The minimum Gasteiger partial charge on any atom is -0.496 e. The van der Waals surface area contributed by atoms with Crippen LogP contribution in [0.3, 0.4) is 0 Å². The third-order valence-corrected chi connectivity index (χ3v) is 6.67. The van der Waals surface area contributed by atoms with Gasteiger partial charge in [-0.1, -0.05) is 53.2 Å². The molecule has 0 atom stereocenters. The average Bonchev–Trinajstić information content (AvgIpc) is 3.34. The molecule has 0 unspecified atom stereocenters. The minimum absolute atomic E-state index is 0.629. The Balaban J connectivity index is 1.51. The van der Waals surface area contributed by atoms with Crippen LogP contribution in [0.5, 0.6) is 5.75 Å². The highest BCUT2D eigenvalue weighted by molar-refractivity contribution is 7.98. The van der Waals surface area contributed by atoms with Gasteiger partial charge in [-0.25, -0.2) is 4.98 Å². The van der Waals surface area contributed by atoms with Gasteiger partial charge in [0.1, 0.15) is 10.8 Å². The molecule has 0 fully saturated rings. The third kappa shape index (κ3) is 4.32. The Hall–Kier alpha value is -2.35. The van der Waals surface area contributed by atoms with E-state index in [4.69, 9.17) is 21.3 Å². The van der Waals surface area contributed by atoms with Crippen LogP contribution in [0.2, 0.25) is 5.02 Å². The summed E-state index contributed by atoms with van der Waals surface area (Å²) in [6.07, 6.45) is 0. The molecule has 0 spiro atoms. The first kappa shape index (κ1) is 19.9. The van der Waals surface area contributed by atoms with Gasteiger partial charge in [0.2, 0.25) is 0 Å². The molecule has 148 valence electrons. The number of methoxy groups -OCH3 is 1. The topological polar surface area (TPSA) is 52.8 Å². The summed E-state index contributed by atoms with van der Waals surface area (Å²) in [6, 6.07) is 13.9. The average molecular weight is 443 g/mol. The molecule has 0 aliphatic rings. The van der Waals surface area contributed by atoms with Crippen molar-refractivity contribution in [1.29, 1.82) is 0 Å². The lowest BCUT2D eigenvalue weighted by atomic mass is 10.2. The van der Waals surface area contributed by atoms with Crippen LogP contribution in [0.4, 0.5) is 0 Å². The van der Waals surface area contributed by atoms with Gasteiger partial charge in [0, 0.05) is 28.8 Å². The van der Waals surface area contributed by atoms with Crippen LogP contribution < -0.4 is 4.74 Å². The summed E-state index contributed by atoms with van der Waals surface area (Å²) < 4.78 is 7.40. The van der Waals surface area contributed by atoms with Gasteiger partial charge in [-0.3, -0.25) is 0 Å². The molecule has 4 rings (SSSR count). The number of aryl methyl sites for hydroxylation is 1. The van der Waals surface area contributed by atoms with Crippen LogP contribution in [-0.4, -0.2) is 26.9 Å². The van der Waals surface area contributed by atoms with E-state index in [-0.39, 0.29) is 0 Å². The monoisotopic (exact) mass is 442 g/mol. The van der Waals surface area contributed by atoms with Gasteiger partial charge < -0.3 is 9.30 Å². The molecular formula is C21H19ClN4OS2. The number of hydrogen-bond acceptors (Lipinski definition) is 6. The standard InChI is InChI=1S/C21H19ClN4OS2/c1-13-4-6-14(7-5-13)20-23-16(11-28-20)12-29-21-25-24-19(26(21)2)17-10-15(22)8-9-18(17)27-3/h4-11H,12H2,1-3H3. The van der Waals surface area contributed by atoms with Gasteiger partial charge in [-0.15, -0.1) is 21.5 Å². The van der Waals surface area contributed by atoms with Crippen molar-refractivity contribution in [2.45, 2.75) is 17.8 Å². The molecule has 0 amide bonds. The van der Waals surface area contributed by atoms with Crippen molar-refractivity contribution in [3.05, 3.63) is 64.1 Å². The fourth-order valence-electron chi connectivity index (χ4n) is 2.87. The van der Waals surface area contributed by atoms with Crippen LogP contribution in [-0.2, 0) is 12.8 Å². The number of thiazole rings is 1. The molecule has 0 aliphatic carbocycles. The fraction of sp³-hybridized carbons (Fsp3) is 0.190. The van der Waals surface area contributed by atoms with E-state index in [1.54, 1.807) is 36.3 Å². The normalized spacial score (nSPS) is 11.0. The van der Waals surface area contributed by atoms with Gasteiger partial charge in [0.25, 0.3) is 0 Å². The molecule has 29 heavy (non-hydrogen) atoms. The molecule has 4 aromatic rings. The second-order valence-electron chi connectivity index (χ2n) is 6.51. The van der Waals surface area contributed by atoms with E-state index in [9.17, 15) is 0 Å². The molecule has 0 N–H and O–H groups in total. The zero-order valence-corrected chi connectivity index (χ0v) is 18.6. The van der Waals surface area contributed by atoms with E-state index in [0.717, 1.165) is 32.7 Å². The molecule has 0 saturated carbocycles. The summed E-state index contributed by atoms with van der Waals surface area (Å²) in [5.74, 6) is 2.15. The quantitative estimate of drug-likeness (QED) is 0.349. The SMILES string of the molecule is COc1ccc(Cl)cc1-c1nnc(SCc2csc(-c3ccc(C)cc3)n2)n1C. The maximum atomic E-state index is 6.16. The van der Waals surface area contributed by atoms with Crippen molar-refractivity contribution in [2.75, 3.05) is 7.11 Å². The van der Waals surface area contributed by atoms with Gasteiger partial charge >= 0.3 is 0 Å². The molecule has 0 aliphatic heterocycles. The minimum atomic E-state index is 0.629. The smallest absolute Gasteiger partial charge is 0.191 e. The summed E-state index contributed by atoms with van der Waals surface area (Å²) >= 11 is 9.42. The number of benzene rings is 2. The zero-order valence-electron chi connectivity index (χ0n) is 16.2. The van der Waals surface area contributed by atoms with E-state index in [1.165, 1.54) is 5.56 Å². The van der Waals surface area contributed by atoms with Crippen LogP contribution in [0, 0.1) is 6.92 Å². The number of ether oxygens (including phenoxy) is 1. The van der Waals surface area contributed by atoms with Crippen molar-refractivity contribution in [3.63, 3.8) is 0 Å². The fourth-order valence-corrected chi connectivity index (χ4v) is 4.78. The predicted molar refractivity (Wildman–Crippen MR) is 120 cm³/mol. The summed E-state index contributed by atoms with van der Waals surface area (Å²) in [7, 11) is 3.57. The van der Waals surface area contributed by atoms with Crippen LogP contribution in [0.15, 0.2) is 53.0 Å². The maximum Gasteiger partial charge on any atom is 0.191 e. The lowest BCUT2D eigenvalue weighted by Gasteiger charge is -2.08. The molecule has 0 bridgehead atoms. The van der Waals surface area contributed by atoms with E-state index >= 15 is 0 Å². The van der Waals surface area contributed by atoms with Gasteiger partial charge in [-0.2, -0.15) is 0 Å². The predicted octanol–water partition coefficient (Wildman–Crippen LogP) is 5.87. The molecule has 0 radical (unpaired) electrons. The second-order valence-corrected chi connectivity index (χ2v) is 8.75. The lowest BCUT2D eigenvalue weighted by molar-refractivity contribution is 0.416. The molecular weight excluding hydrogens is 424 g/mol. The van der Waals surface area contributed by atoms with Crippen molar-refractivity contribution < 1.29 is 4.74 Å². The first-order chi connectivity index (χ1) is 14.0. The van der Waals surface area contributed by atoms with Crippen LogP contribution in [0.25, 0.3) is 22.0 Å². The van der Waals surface area contributed by atoms with Gasteiger partial charge in [0.05, 0.1) is 18.4 Å². The zero-order chi connectivity index (χ0) is 20.4. The Morgan fingerprint density at radius 2 is 1.93 bits per heavy atom. The maximum absolute atomic E-state index is 6.16. The molecule has 5 nitrogen and oxygen atoms in total. The summed E-state index contributed by atoms with van der Waals surface area (Å²) in [5, 5.41) is 13.3. The molecule has 0 saturated heterocycles. The largest absolute Gasteiger partial charge is 0.496 e. The highest BCUT2D eigenvalue weighted by Crippen LogP contribution is 2.33. The van der Waals surface area contributed by atoms with Crippen LogP contribution >= 0.6 is 34.7 Å². The van der Waals surface area contributed by atoms with Crippen molar-refractivity contribution in [1.82, 2.24) is 19.7 Å². The van der Waals surface area contributed by atoms with Crippen molar-refractivity contribution in [2.24, 2.45) is 7.05 Å². The molecule has 8 heteroatoms. The Labute approximate surface area is 182 Å². The Morgan fingerprint density at radius 3 is 2.69 bits per heavy atom. The Bertz CT molecular complexity index is 1140. The Morgan fingerprint density at radius 1 is 1.14 bits per heavy atom. The molecule has 2 heterocycles. The van der Waals surface area contributed by atoms with Crippen molar-refractivity contribution >= 4 is 34.7 Å². The molecule has 2 aromatic heterocycles. The number of aromatic nitrogens is 4. The number of nitrogens with zero attached hydrogens (tertiary/aromatic N) is 4. The number of rotatable bonds is 6. The van der Waals surface area contributed by atoms with E-state index < -0.39 is 0 Å². The molecule has 2 aromatic carbocycles. The van der Waals surface area contributed by atoms with E-state index in [2.05, 4.69) is 46.8 Å². The highest BCUT2D eigenvalue weighted by Gasteiger charge is 2.16. The first-order valence-electron chi connectivity index (χ1n) is 8.92.